The van der Waals surface area contributed by atoms with Crippen molar-refractivity contribution in [3.63, 3.8) is 0 Å². The largest absolute Gasteiger partial charge is 0.361 e. The number of rotatable bonds is 0. The zero-order valence-corrected chi connectivity index (χ0v) is 9.27. The third-order valence-corrected chi connectivity index (χ3v) is 3.46. The van der Waals surface area contributed by atoms with Crippen LogP contribution in [-0.4, -0.2) is 4.98 Å². The lowest BCUT2D eigenvalue weighted by molar-refractivity contribution is 1.48. The molecule has 17 heavy (non-hydrogen) atoms. The van der Waals surface area contributed by atoms with E-state index < -0.39 is 0 Å². The average Bonchev–Trinajstić information content (AvgIpc) is 2.86. The molecule has 0 fully saturated rings. The van der Waals surface area contributed by atoms with Crippen molar-refractivity contribution in [3.05, 3.63) is 60.8 Å². The quantitative estimate of drug-likeness (QED) is 0.418. The van der Waals surface area contributed by atoms with Crippen LogP contribution in [0.1, 0.15) is 0 Å². The zero-order chi connectivity index (χ0) is 11.2. The normalized spacial score (nSPS) is 11.5. The summed E-state index contributed by atoms with van der Waals surface area (Å²) >= 11 is 0. The van der Waals surface area contributed by atoms with Gasteiger partial charge in [0, 0.05) is 17.1 Å². The Morgan fingerprint density at radius 3 is 2.41 bits per heavy atom. The third kappa shape index (κ3) is 1.14. The van der Waals surface area contributed by atoms with Crippen molar-refractivity contribution < 1.29 is 0 Å². The minimum atomic E-state index is 1.20. The molecule has 3 aromatic carbocycles. The van der Waals surface area contributed by atoms with Crippen LogP contribution in [-0.2, 0) is 0 Å². The molecule has 0 saturated carbocycles. The van der Waals surface area contributed by atoms with E-state index in [9.17, 15) is 0 Å². The fourth-order valence-electron chi connectivity index (χ4n) is 2.63. The highest BCUT2D eigenvalue weighted by atomic mass is 14.7. The molecule has 80 valence electrons. The molecule has 1 N–H and O–H groups in total. The van der Waals surface area contributed by atoms with Gasteiger partial charge in [0.1, 0.15) is 0 Å². The molecule has 4 aromatic rings. The molecule has 1 aromatic heterocycles. The van der Waals surface area contributed by atoms with Crippen LogP contribution in [0.25, 0.3) is 32.4 Å². The number of hydrogen-bond donors (Lipinski definition) is 1. The molecule has 0 aliphatic heterocycles. The lowest BCUT2D eigenvalue weighted by Crippen LogP contribution is -1.78. The Bertz CT molecular complexity index is 840. The summed E-state index contributed by atoms with van der Waals surface area (Å²) in [4.78, 5) is 3.26. The van der Waals surface area contributed by atoms with Gasteiger partial charge in [-0.1, -0.05) is 42.5 Å². The number of aromatic nitrogens is 1. The summed E-state index contributed by atoms with van der Waals surface area (Å²) in [5.74, 6) is 0. The second kappa shape index (κ2) is 3.11. The van der Waals surface area contributed by atoms with Crippen LogP contribution in [0.4, 0.5) is 0 Å². The van der Waals surface area contributed by atoms with Gasteiger partial charge < -0.3 is 4.98 Å². The van der Waals surface area contributed by atoms with Gasteiger partial charge >= 0.3 is 0 Å². The number of fused-ring (bicyclic) bond motifs is 5. The first-order valence-corrected chi connectivity index (χ1v) is 5.81. The molecule has 0 saturated heterocycles. The van der Waals surface area contributed by atoms with Crippen LogP contribution in [0.2, 0.25) is 0 Å². The zero-order valence-electron chi connectivity index (χ0n) is 9.27. The van der Waals surface area contributed by atoms with Gasteiger partial charge in [-0.15, -0.1) is 0 Å². The molecule has 1 heteroatoms. The SMILES string of the molecule is c1ccc2c(c1)ccc1c3cc[nH]c3ccc21. The van der Waals surface area contributed by atoms with E-state index in [1.54, 1.807) is 0 Å². The van der Waals surface area contributed by atoms with Gasteiger partial charge in [-0.05, 0) is 33.7 Å². The maximum atomic E-state index is 3.26. The summed E-state index contributed by atoms with van der Waals surface area (Å²) in [6, 6.07) is 19.5. The second-order valence-corrected chi connectivity index (χ2v) is 4.39. The van der Waals surface area contributed by atoms with Crippen molar-refractivity contribution in [1.82, 2.24) is 4.98 Å². The Balaban J connectivity index is 2.34. The number of H-pyrrole nitrogens is 1. The molecule has 1 nitrogen and oxygen atoms in total. The average molecular weight is 217 g/mol. The van der Waals surface area contributed by atoms with Crippen LogP contribution in [0.5, 0.6) is 0 Å². The summed E-state index contributed by atoms with van der Waals surface area (Å²) < 4.78 is 0. The predicted molar refractivity (Wildman–Crippen MR) is 73.3 cm³/mol. The van der Waals surface area contributed by atoms with Gasteiger partial charge in [-0.25, -0.2) is 0 Å². The van der Waals surface area contributed by atoms with Gasteiger partial charge in [-0.3, -0.25) is 0 Å². The first-order chi connectivity index (χ1) is 8.43. The summed E-state index contributed by atoms with van der Waals surface area (Å²) in [6.45, 7) is 0. The fraction of sp³-hybridized carbons (Fsp3) is 0. The molecule has 4 rings (SSSR count). The van der Waals surface area contributed by atoms with Crippen molar-refractivity contribution in [2.24, 2.45) is 0 Å². The topological polar surface area (TPSA) is 15.8 Å². The Morgan fingerprint density at radius 1 is 0.588 bits per heavy atom. The van der Waals surface area contributed by atoms with E-state index in [-0.39, 0.29) is 0 Å². The van der Waals surface area contributed by atoms with Crippen LogP contribution in [0.3, 0.4) is 0 Å². The monoisotopic (exact) mass is 217 g/mol. The van der Waals surface area contributed by atoms with Gasteiger partial charge in [0.2, 0.25) is 0 Å². The predicted octanol–water partition coefficient (Wildman–Crippen LogP) is 4.47. The van der Waals surface area contributed by atoms with Crippen molar-refractivity contribution in [3.8, 4) is 0 Å². The Labute approximate surface area is 98.7 Å². The summed E-state index contributed by atoms with van der Waals surface area (Å²) in [5.41, 5.74) is 1.20. The molecule has 0 radical (unpaired) electrons. The third-order valence-electron chi connectivity index (χ3n) is 3.46. The van der Waals surface area contributed by atoms with Gasteiger partial charge in [-0.2, -0.15) is 0 Å². The minimum Gasteiger partial charge on any atom is -0.361 e. The van der Waals surface area contributed by atoms with Gasteiger partial charge in [0.25, 0.3) is 0 Å². The van der Waals surface area contributed by atoms with E-state index in [0.717, 1.165) is 0 Å². The smallest absolute Gasteiger partial charge is 0.0460 e. The Morgan fingerprint density at radius 2 is 1.41 bits per heavy atom. The standard InChI is InChI=1S/C16H11N/c1-2-4-12-11(3-1)5-6-14-13(12)7-8-16-15(14)9-10-17-16/h1-10,17H. The Kier molecular flexibility index (Phi) is 1.61. The van der Waals surface area contributed by atoms with Crippen molar-refractivity contribution in [2.45, 2.75) is 0 Å². The van der Waals surface area contributed by atoms with E-state index in [1.165, 1.54) is 32.4 Å². The van der Waals surface area contributed by atoms with Crippen LogP contribution >= 0.6 is 0 Å². The minimum absolute atomic E-state index is 1.20. The van der Waals surface area contributed by atoms with Crippen LogP contribution < -0.4 is 0 Å². The summed E-state index contributed by atoms with van der Waals surface area (Å²) in [5, 5.41) is 6.58. The molecule has 0 aliphatic carbocycles. The first kappa shape index (κ1) is 8.82. The molecular formula is C16H11N. The maximum Gasteiger partial charge on any atom is 0.0460 e. The molecule has 0 unspecified atom stereocenters. The molecule has 1 heterocycles. The van der Waals surface area contributed by atoms with E-state index in [2.05, 4.69) is 59.6 Å². The first-order valence-electron chi connectivity index (χ1n) is 5.81. The van der Waals surface area contributed by atoms with E-state index in [0.29, 0.717) is 0 Å². The maximum absolute atomic E-state index is 3.26. The van der Waals surface area contributed by atoms with E-state index in [4.69, 9.17) is 0 Å². The summed E-state index contributed by atoms with van der Waals surface area (Å²) in [7, 11) is 0. The van der Waals surface area contributed by atoms with Gasteiger partial charge in [0.05, 0.1) is 0 Å². The number of nitrogens with one attached hydrogen (secondary N) is 1. The van der Waals surface area contributed by atoms with Crippen molar-refractivity contribution >= 4 is 32.4 Å². The lowest BCUT2D eigenvalue weighted by atomic mass is 10.00. The molecule has 0 bridgehead atoms. The van der Waals surface area contributed by atoms with Crippen LogP contribution in [0, 0.1) is 0 Å². The van der Waals surface area contributed by atoms with E-state index >= 15 is 0 Å². The number of benzene rings is 3. The highest BCUT2D eigenvalue weighted by Crippen LogP contribution is 2.30. The van der Waals surface area contributed by atoms with Crippen LogP contribution in [0.15, 0.2) is 60.8 Å². The number of aromatic amines is 1. The van der Waals surface area contributed by atoms with Crippen molar-refractivity contribution in [1.29, 1.82) is 0 Å². The molecule has 0 spiro atoms. The molecule has 0 aliphatic rings. The highest BCUT2D eigenvalue weighted by Gasteiger charge is 2.03. The highest BCUT2D eigenvalue weighted by molar-refractivity contribution is 6.16. The number of hydrogen-bond acceptors (Lipinski definition) is 0. The van der Waals surface area contributed by atoms with Crippen molar-refractivity contribution in [2.75, 3.05) is 0 Å². The molecule has 0 atom stereocenters. The molecule has 0 amide bonds. The van der Waals surface area contributed by atoms with E-state index in [1.807, 2.05) is 6.20 Å². The lowest BCUT2D eigenvalue weighted by Gasteiger charge is -2.04. The fourth-order valence-corrected chi connectivity index (χ4v) is 2.63. The Hall–Kier alpha value is -2.28. The molecular weight excluding hydrogens is 206 g/mol. The second-order valence-electron chi connectivity index (χ2n) is 4.39. The summed E-state index contributed by atoms with van der Waals surface area (Å²) in [6.07, 6.45) is 2.00. The van der Waals surface area contributed by atoms with Gasteiger partial charge in [0.15, 0.2) is 0 Å².